The summed E-state index contributed by atoms with van der Waals surface area (Å²) in [6.45, 7) is 1.36. The molecule has 6 nitrogen and oxygen atoms in total. The van der Waals surface area contributed by atoms with Crippen molar-refractivity contribution in [3.05, 3.63) is 76.5 Å². The second kappa shape index (κ2) is 7.31. The number of carboxylic acid groups (broad SMARTS) is 1. The van der Waals surface area contributed by atoms with Gasteiger partial charge in [-0.05, 0) is 42.8 Å². The smallest absolute Gasteiger partial charge is 0.416 e. The number of nitrogens with one attached hydrogen (secondary N) is 1. The average Bonchev–Trinajstić information content (AvgIpc) is 2.67. The van der Waals surface area contributed by atoms with Gasteiger partial charge < -0.3 is 10.4 Å². The summed E-state index contributed by atoms with van der Waals surface area (Å²) in [4.78, 5) is 25.5. The number of carbonyl (C=O) groups is 2. The van der Waals surface area contributed by atoms with Gasteiger partial charge in [0.15, 0.2) is 0 Å². The zero-order valence-corrected chi connectivity index (χ0v) is 15.0. The van der Waals surface area contributed by atoms with Crippen molar-refractivity contribution < 1.29 is 27.9 Å². The van der Waals surface area contributed by atoms with E-state index in [1.54, 1.807) is 0 Å². The number of halogens is 3. The fraction of sp³-hybridized carbons (Fsp3) is 0.150. The predicted molar refractivity (Wildman–Crippen MR) is 96.7 cm³/mol. The van der Waals surface area contributed by atoms with Crippen LogP contribution in [0.4, 0.5) is 23.7 Å². The van der Waals surface area contributed by atoms with Gasteiger partial charge in [0.05, 0.1) is 34.5 Å². The van der Waals surface area contributed by atoms with Crippen molar-refractivity contribution in [2.45, 2.75) is 19.1 Å². The van der Waals surface area contributed by atoms with Crippen LogP contribution in [0.5, 0.6) is 0 Å². The number of anilines is 1. The van der Waals surface area contributed by atoms with Crippen LogP contribution in [-0.4, -0.2) is 17.1 Å². The van der Waals surface area contributed by atoms with Crippen molar-refractivity contribution in [2.75, 3.05) is 4.90 Å². The van der Waals surface area contributed by atoms with E-state index >= 15 is 0 Å². The summed E-state index contributed by atoms with van der Waals surface area (Å²) in [5.41, 5.74) is -0.466. The molecule has 0 fully saturated rings. The van der Waals surface area contributed by atoms with Crippen LogP contribution in [-0.2, 0) is 11.0 Å². The second-order valence-corrected chi connectivity index (χ2v) is 6.30. The number of nitrogens with zero attached hydrogens (tertiary/aromatic N) is 2. The third-order valence-electron chi connectivity index (χ3n) is 4.52. The number of hydrogen-bond donors (Lipinski definition) is 2. The second-order valence-electron chi connectivity index (χ2n) is 6.30. The summed E-state index contributed by atoms with van der Waals surface area (Å²) in [6.07, 6.45) is -4.61. The van der Waals surface area contributed by atoms with Crippen molar-refractivity contribution in [1.29, 1.82) is 5.26 Å². The molecule has 1 aliphatic rings. The number of carbonyl (C=O) groups excluding carboxylic acids is 1. The lowest BCUT2D eigenvalue weighted by Gasteiger charge is -2.35. The topological polar surface area (TPSA) is 93.4 Å². The summed E-state index contributed by atoms with van der Waals surface area (Å²) >= 11 is 0. The molecule has 9 heteroatoms. The maximum atomic E-state index is 13.0. The van der Waals surface area contributed by atoms with E-state index in [9.17, 15) is 27.9 Å². The van der Waals surface area contributed by atoms with Gasteiger partial charge in [-0.2, -0.15) is 18.4 Å². The monoisotopic (exact) mass is 401 g/mol. The summed E-state index contributed by atoms with van der Waals surface area (Å²) in [7, 11) is 0. The largest absolute Gasteiger partial charge is 0.478 e. The maximum absolute atomic E-state index is 13.0. The molecule has 1 heterocycles. The number of rotatable bonds is 3. The fourth-order valence-corrected chi connectivity index (χ4v) is 3.15. The third kappa shape index (κ3) is 3.78. The molecule has 3 rings (SSSR count). The van der Waals surface area contributed by atoms with Gasteiger partial charge in [0.25, 0.3) is 0 Å². The van der Waals surface area contributed by atoms with Crippen LogP contribution in [0.15, 0.2) is 59.8 Å². The van der Waals surface area contributed by atoms with E-state index in [-0.39, 0.29) is 17.0 Å². The number of allylic oxidation sites excluding steroid dienone is 1. The Labute approximate surface area is 163 Å². The van der Waals surface area contributed by atoms with Crippen LogP contribution in [0.25, 0.3) is 0 Å². The Hall–Kier alpha value is -3.80. The fourth-order valence-electron chi connectivity index (χ4n) is 3.15. The van der Waals surface area contributed by atoms with Crippen molar-refractivity contribution in [2.24, 2.45) is 0 Å². The number of alkyl halides is 3. The molecule has 2 aromatic rings. The Kier molecular flexibility index (Phi) is 5.03. The Morgan fingerprint density at radius 3 is 2.41 bits per heavy atom. The van der Waals surface area contributed by atoms with Crippen molar-refractivity contribution in [1.82, 2.24) is 5.32 Å². The first-order chi connectivity index (χ1) is 13.6. The van der Waals surface area contributed by atoms with E-state index in [0.717, 1.165) is 23.1 Å². The standard InChI is InChI=1S/C20H14F3N3O3/c1-11-16(18(27)28)17(13-7-5-12(10-24)6-8-13)25-19(29)26(11)15-4-2-3-14(9-15)20(21,22)23/h2-9,17H,1H3,(H,25,29)(H,27,28)/t17-/m1/s1. The van der Waals surface area contributed by atoms with Crippen LogP contribution in [0, 0.1) is 11.3 Å². The summed E-state index contributed by atoms with van der Waals surface area (Å²) < 4.78 is 39.1. The first kappa shape index (κ1) is 19.9. The highest BCUT2D eigenvalue weighted by atomic mass is 19.4. The molecule has 1 atom stereocenters. The van der Waals surface area contributed by atoms with E-state index in [1.807, 2.05) is 6.07 Å². The SMILES string of the molecule is CC1=C(C(=O)O)[C@@H](c2ccc(C#N)cc2)NC(=O)N1c1cccc(C(F)(F)F)c1. The molecule has 2 amide bonds. The van der Waals surface area contributed by atoms with Crippen molar-refractivity contribution in [3.8, 4) is 6.07 Å². The molecule has 1 aliphatic heterocycles. The molecular weight excluding hydrogens is 387 g/mol. The molecule has 0 saturated heterocycles. The molecule has 148 valence electrons. The highest BCUT2D eigenvalue weighted by Gasteiger charge is 2.37. The van der Waals surface area contributed by atoms with Gasteiger partial charge in [-0.15, -0.1) is 0 Å². The third-order valence-corrected chi connectivity index (χ3v) is 4.52. The van der Waals surface area contributed by atoms with E-state index in [2.05, 4.69) is 5.32 Å². The molecular formula is C20H14F3N3O3. The highest BCUT2D eigenvalue weighted by Crippen LogP contribution is 2.36. The number of urea groups is 1. The van der Waals surface area contributed by atoms with E-state index in [4.69, 9.17) is 5.26 Å². The quantitative estimate of drug-likeness (QED) is 0.806. The number of amides is 2. The van der Waals surface area contributed by atoms with Crippen LogP contribution in [0.3, 0.4) is 0 Å². The number of aliphatic carboxylic acids is 1. The van der Waals surface area contributed by atoms with Crippen LogP contribution in [0.2, 0.25) is 0 Å². The predicted octanol–water partition coefficient (Wildman–Crippen LogP) is 4.21. The van der Waals surface area contributed by atoms with Gasteiger partial charge in [-0.1, -0.05) is 18.2 Å². The van der Waals surface area contributed by atoms with Gasteiger partial charge in [0.1, 0.15) is 0 Å². The van der Waals surface area contributed by atoms with Crippen LogP contribution in [0.1, 0.15) is 29.7 Å². The van der Waals surface area contributed by atoms with Crippen LogP contribution < -0.4 is 10.2 Å². The van der Waals surface area contributed by atoms with Crippen molar-refractivity contribution in [3.63, 3.8) is 0 Å². The maximum Gasteiger partial charge on any atom is 0.416 e. The van der Waals surface area contributed by atoms with Gasteiger partial charge in [0.2, 0.25) is 0 Å². The zero-order chi connectivity index (χ0) is 21.3. The molecule has 0 aromatic heterocycles. The lowest BCUT2D eigenvalue weighted by atomic mass is 9.94. The van der Waals surface area contributed by atoms with Gasteiger partial charge >= 0.3 is 18.2 Å². The number of hydrogen-bond acceptors (Lipinski definition) is 3. The Morgan fingerprint density at radius 2 is 1.86 bits per heavy atom. The molecule has 0 radical (unpaired) electrons. The van der Waals surface area contributed by atoms with Crippen LogP contribution >= 0.6 is 0 Å². The number of benzene rings is 2. The molecule has 0 bridgehead atoms. The Bertz CT molecular complexity index is 1050. The molecule has 0 aliphatic carbocycles. The molecule has 2 aromatic carbocycles. The first-order valence-electron chi connectivity index (χ1n) is 8.35. The van der Waals surface area contributed by atoms with Gasteiger partial charge in [-0.3, -0.25) is 4.90 Å². The minimum Gasteiger partial charge on any atom is -0.478 e. The minimum atomic E-state index is -4.61. The first-order valence-corrected chi connectivity index (χ1v) is 8.35. The Morgan fingerprint density at radius 1 is 1.21 bits per heavy atom. The highest BCUT2D eigenvalue weighted by molar-refractivity contribution is 6.02. The van der Waals surface area contributed by atoms with E-state index < -0.39 is 29.8 Å². The molecule has 0 saturated carbocycles. The summed E-state index contributed by atoms with van der Waals surface area (Å²) in [5.74, 6) is -1.33. The summed E-state index contributed by atoms with van der Waals surface area (Å²) in [6, 6.07) is 10.2. The number of carboxylic acids is 1. The van der Waals surface area contributed by atoms with Gasteiger partial charge in [-0.25, -0.2) is 9.59 Å². The Balaban J connectivity index is 2.10. The zero-order valence-electron chi connectivity index (χ0n) is 15.0. The van der Waals surface area contributed by atoms with Gasteiger partial charge in [0, 0.05) is 5.70 Å². The minimum absolute atomic E-state index is 0.00469. The lowest BCUT2D eigenvalue weighted by molar-refractivity contribution is -0.137. The summed E-state index contributed by atoms with van der Waals surface area (Å²) in [5, 5.41) is 21.1. The molecule has 0 spiro atoms. The molecule has 29 heavy (non-hydrogen) atoms. The van der Waals surface area contributed by atoms with Crippen molar-refractivity contribution >= 4 is 17.7 Å². The number of nitriles is 1. The van der Waals surface area contributed by atoms with E-state index in [1.165, 1.54) is 37.3 Å². The average molecular weight is 401 g/mol. The lowest BCUT2D eigenvalue weighted by Crippen LogP contribution is -2.48. The van der Waals surface area contributed by atoms with E-state index in [0.29, 0.717) is 11.1 Å². The molecule has 0 unspecified atom stereocenters. The molecule has 2 N–H and O–H groups in total. The normalized spacial score (nSPS) is 17.0.